The molecule has 2 nitrogen and oxygen atoms in total. The van der Waals surface area contributed by atoms with E-state index in [1.54, 1.807) is 23.6 Å². The average Bonchev–Trinajstić information content (AvgIpc) is 2.85. The fourth-order valence-corrected chi connectivity index (χ4v) is 2.91. The van der Waals surface area contributed by atoms with Crippen LogP contribution in [0.5, 0.6) is 0 Å². The summed E-state index contributed by atoms with van der Waals surface area (Å²) >= 11 is 13.8. The van der Waals surface area contributed by atoms with Gasteiger partial charge in [0.1, 0.15) is 0 Å². The summed E-state index contributed by atoms with van der Waals surface area (Å²) in [5.41, 5.74) is 2.01. The van der Waals surface area contributed by atoms with Crippen molar-refractivity contribution in [2.75, 3.05) is 6.54 Å². The average molecular weight is 301 g/mol. The minimum Gasteiger partial charge on any atom is -0.305 e. The molecule has 0 aliphatic heterocycles. The van der Waals surface area contributed by atoms with Gasteiger partial charge >= 0.3 is 0 Å². The Morgan fingerprint density at radius 2 is 2.28 bits per heavy atom. The standard InChI is InChI=1S/C13H14Cl2N2S/c1-2-4-16-12(9-3-5-18-8-9)13-11(15)6-10(14)7-17-13/h3,5-8,12,16H,2,4H2,1H3. The number of nitrogens with zero attached hydrogens (tertiary/aromatic N) is 1. The van der Waals surface area contributed by atoms with Crippen LogP contribution in [0.15, 0.2) is 29.1 Å². The topological polar surface area (TPSA) is 24.9 Å². The molecule has 96 valence electrons. The third kappa shape index (κ3) is 3.23. The van der Waals surface area contributed by atoms with E-state index in [1.165, 1.54) is 5.56 Å². The molecule has 0 radical (unpaired) electrons. The maximum atomic E-state index is 6.24. The van der Waals surface area contributed by atoms with Crippen LogP contribution in [0.4, 0.5) is 0 Å². The Morgan fingerprint density at radius 3 is 2.89 bits per heavy atom. The number of thiophene rings is 1. The lowest BCUT2D eigenvalue weighted by atomic mass is 10.1. The van der Waals surface area contributed by atoms with Crippen molar-refractivity contribution in [2.45, 2.75) is 19.4 Å². The molecule has 5 heteroatoms. The van der Waals surface area contributed by atoms with E-state index in [2.05, 4.69) is 34.1 Å². The van der Waals surface area contributed by atoms with Crippen molar-refractivity contribution < 1.29 is 0 Å². The predicted molar refractivity (Wildman–Crippen MR) is 78.7 cm³/mol. The molecule has 0 bridgehead atoms. The van der Waals surface area contributed by atoms with E-state index in [0.717, 1.165) is 18.7 Å². The van der Waals surface area contributed by atoms with Gasteiger partial charge in [-0.2, -0.15) is 11.3 Å². The molecule has 0 saturated heterocycles. The Labute approximate surface area is 121 Å². The molecular formula is C13H14Cl2N2S. The summed E-state index contributed by atoms with van der Waals surface area (Å²) in [7, 11) is 0. The Morgan fingerprint density at radius 1 is 1.44 bits per heavy atom. The molecule has 18 heavy (non-hydrogen) atoms. The van der Waals surface area contributed by atoms with E-state index in [1.807, 2.05) is 0 Å². The van der Waals surface area contributed by atoms with Gasteiger partial charge in [0.25, 0.3) is 0 Å². The molecule has 0 saturated carbocycles. The van der Waals surface area contributed by atoms with Crippen LogP contribution in [0.2, 0.25) is 10.0 Å². The normalized spacial score (nSPS) is 12.6. The lowest BCUT2D eigenvalue weighted by molar-refractivity contribution is 0.588. The van der Waals surface area contributed by atoms with Crippen molar-refractivity contribution in [3.63, 3.8) is 0 Å². The highest BCUT2D eigenvalue weighted by Gasteiger charge is 2.18. The highest BCUT2D eigenvalue weighted by atomic mass is 35.5. The van der Waals surface area contributed by atoms with E-state index < -0.39 is 0 Å². The molecule has 0 spiro atoms. The van der Waals surface area contributed by atoms with Crippen LogP contribution >= 0.6 is 34.5 Å². The van der Waals surface area contributed by atoms with Crippen molar-refractivity contribution >= 4 is 34.5 Å². The second kappa shape index (κ2) is 6.53. The molecule has 1 unspecified atom stereocenters. The highest BCUT2D eigenvalue weighted by molar-refractivity contribution is 7.08. The maximum Gasteiger partial charge on any atom is 0.0805 e. The monoisotopic (exact) mass is 300 g/mol. The number of rotatable bonds is 5. The fraction of sp³-hybridized carbons (Fsp3) is 0.308. The summed E-state index contributed by atoms with van der Waals surface area (Å²) in [5.74, 6) is 0. The van der Waals surface area contributed by atoms with Crippen LogP contribution in [0.25, 0.3) is 0 Å². The van der Waals surface area contributed by atoms with E-state index in [4.69, 9.17) is 23.2 Å². The number of halogens is 2. The molecule has 0 aliphatic carbocycles. The summed E-state index contributed by atoms with van der Waals surface area (Å²) in [6.45, 7) is 3.05. The second-order valence-electron chi connectivity index (χ2n) is 3.96. The highest BCUT2D eigenvalue weighted by Crippen LogP contribution is 2.29. The summed E-state index contributed by atoms with van der Waals surface area (Å²) in [5, 5.41) is 8.79. The van der Waals surface area contributed by atoms with Crippen molar-refractivity contribution in [2.24, 2.45) is 0 Å². The van der Waals surface area contributed by atoms with Crippen LogP contribution in [-0.2, 0) is 0 Å². The number of nitrogens with one attached hydrogen (secondary N) is 1. The number of aromatic nitrogens is 1. The molecule has 2 heterocycles. The molecule has 2 aromatic heterocycles. The van der Waals surface area contributed by atoms with Gasteiger partial charge in [-0.15, -0.1) is 0 Å². The molecule has 0 amide bonds. The quantitative estimate of drug-likeness (QED) is 0.877. The summed E-state index contributed by atoms with van der Waals surface area (Å²) < 4.78 is 0. The van der Waals surface area contributed by atoms with Crippen molar-refractivity contribution in [3.8, 4) is 0 Å². The molecule has 0 aliphatic rings. The molecule has 0 fully saturated rings. The van der Waals surface area contributed by atoms with Crippen molar-refractivity contribution in [1.82, 2.24) is 10.3 Å². The first-order valence-corrected chi connectivity index (χ1v) is 7.48. The van der Waals surface area contributed by atoms with Crippen molar-refractivity contribution in [1.29, 1.82) is 0 Å². The van der Waals surface area contributed by atoms with Gasteiger partial charge < -0.3 is 5.32 Å². The SMILES string of the molecule is CCCNC(c1ccsc1)c1ncc(Cl)cc1Cl. The van der Waals surface area contributed by atoms with Gasteiger partial charge in [0.2, 0.25) is 0 Å². The Kier molecular flexibility index (Phi) is 5.01. The minimum atomic E-state index is 0.0287. The maximum absolute atomic E-state index is 6.24. The first-order valence-electron chi connectivity index (χ1n) is 5.78. The van der Waals surface area contributed by atoms with Crippen LogP contribution in [-0.4, -0.2) is 11.5 Å². The zero-order valence-electron chi connectivity index (χ0n) is 9.99. The molecule has 2 aromatic rings. The summed E-state index contributed by atoms with van der Waals surface area (Å²) in [6.07, 6.45) is 2.70. The lowest BCUT2D eigenvalue weighted by Crippen LogP contribution is -2.24. The minimum absolute atomic E-state index is 0.0287. The number of pyridine rings is 1. The molecule has 0 aromatic carbocycles. The smallest absolute Gasteiger partial charge is 0.0805 e. The molecular weight excluding hydrogens is 287 g/mol. The first kappa shape index (κ1) is 13.8. The second-order valence-corrected chi connectivity index (χ2v) is 5.59. The van der Waals surface area contributed by atoms with E-state index >= 15 is 0 Å². The first-order chi connectivity index (χ1) is 8.72. The van der Waals surface area contributed by atoms with Crippen LogP contribution in [0.3, 0.4) is 0 Å². The van der Waals surface area contributed by atoms with E-state index in [9.17, 15) is 0 Å². The fourth-order valence-electron chi connectivity index (χ4n) is 1.74. The van der Waals surface area contributed by atoms with Gasteiger partial charge in [-0.3, -0.25) is 4.98 Å². The predicted octanol–water partition coefficient (Wildman–Crippen LogP) is 4.54. The molecule has 1 N–H and O–H groups in total. The Bertz CT molecular complexity index is 500. The van der Waals surface area contributed by atoms with Crippen LogP contribution in [0, 0.1) is 0 Å². The van der Waals surface area contributed by atoms with E-state index in [0.29, 0.717) is 10.0 Å². The molecule has 2 rings (SSSR count). The summed E-state index contributed by atoms with van der Waals surface area (Å²) in [6, 6.07) is 3.85. The lowest BCUT2D eigenvalue weighted by Gasteiger charge is -2.18. The van der Waals surface area contributed by atoms with Gasteiger partial charge in [0.15, 0.2) is 0 Å². The molecule has 1 atom stereocenters. The van der Waals surface area contributed by atoms with Gasteiger partial charge in [0.05, 0.1) is 21.8 Å². The van der Waals surface area contributed by atoms with Crippen LogP contribution in [0.1, 0.15) is 30.6 Å². The Hall–Kier alpha value is -0.610. The largest absolute Gasteiger partial charge is 0.305 e. The third-order valence-corrected chi connectivity index (χ3v) is 3.80. The third-order valence-electron chi connectivity index (χ3n) is 2.58. The van der Waals surface area contributed by atoms with Crippen LogP contribution < -0.4 is 5.32 Å². The van der Waals surface area contributed by atoms with Gasteiger partial charge in [-0.05, 0) is 41.4 Å². The van der Waals surface area contributed by atoms with Gasteiger partial charge in [-0.1, -0.05) is 30.1 Å². The summed E-state index contributed by atoms with van der Waals surface area (Å²) in [4.78, 5) is 4.37. The van der Waals surface area contributed by atoms with E-state index in [-0.39, 0.29) is 6.04 Å². The zero-order valence-corrected chi connectivity index (χ0v) is 12.3. The Balaban J connectivity index is 2.33. The zero-order chi connectivity index (χ0) is 13.0. The van der Waals surface area contributed by atoms with Gasteiger partial charge in [-0.25, -0.2) is 0 Å². The number of hydrogen-bond donors (Lipinski definition) is 1. The van der Waals surface area contributed by atoms with Gasteiger partial charge in [0, 0.05) is 6.20 Å². The number of hydrogen-bond acceptors (Lipinski definition) is 3. The van der Waals surface area contributed by atoms with Crippen molar-refractivity contribution in [3.05, 3.63) is 50.4 Å².